The lowest BCUT2D eigenvalue weighted by atomic mass is 10.4. The van der Waals surface area contributed by atoms with Crippen LogP contribution in [0, 0.1) is 0 Å². The largest absolute Gasteiger partial charge is 0.271 e. The summed E-state index contributed by atoms with van der Waals surface area (Å²) in [5.41, 5.74) is 0. The van der Waals surface area contributed by atoms with Crippen molar-refractivity contribution in [2.75, 3.05) is 0 Å². The van der Waals surface area contributed by atoms with Crippen LogP contribution in [0.1, 0.15) is 40.0 Å². The van der Waals surface area contributed by atoms with Crippen LogP contribution in [0.2, 0.25) is 0 Å². The first-order chi connectivity index (χ1) is 5.35. The van der Waals surface area contributed by atoms with Crippen molar-refractivity contribution in [1.29, 1.82) is 0 Å². The molecule has 0 aliphatic carbocycles. The molecule has 0 amide bonds. The van der Waals surface area contributed by atoms with Gasteiger partial charge in [0, 0.05) is 12.4 Å². The fourth-order valence-corrected chi connectivity index (χ4v) is 0.703. The minimum absolute atomic E-state index is 0.162. The molecule has 0 saturated carbocycles. The maximum Gasteiger partial charge on any atom is 0.138 e. The summed E-state index contributed by atoms with van der Waals surface area (Å²) < 4.78 is 0. The third-order valence-electron chi connectivity index (χ3n) is 1.29. The van der Waals surface area contributed by atoms with Crippen molar-refractivity contribution < 1.29 is 0 Å². The van der Waals surface area contributed by atoms with Crippen LogP contribution >= 0.6 is 0 Å². The lowest BCUT2D eigenvalue weighted by Gasteiger charge is -2.01. The van der Waals surface area contributed by atoms with Crippen molar-refractivity contribution in [3.05, 3.63) is 0 Å². The van der Waals surface area contributed by atoms with Crippen molar-refractivity contribution in [1.82, 2.24) is 0 Å². The van der Waals surface area contributed by atoms with E-state index >= 15 is 0 Å². The van der Waals surface area contributed by atoms with Gasteiger partial charge in [0.2, 0.25) is 0 Å². The van der Waals surface area contributed by atoms with Crippen molar-refractivity contribution >= 4 is 12.4 Å². The number of hydrogen-bond acceptors (Lipinski definition) is 2. The van der Waals surface area contributed by atoms with Crippen LogP contribution in [0.3, 0.4) is 0 Å². The third kappa shape index (κ3) is 5.77. The lowest BCUT2D eigenvalue weighted by molar-refractivity contribution is 0.689. The number of rotatable bonds is 5. The molecule has 0 aromatic rings. The molecule has 0 fully saturated rings. The summed E-state index contributed by atoms with van der Waals surface area (Å²) in [6.45, 7) is 6.27. The normalized spacial score (nSPS) is 14.8. The minimum atomic E-state index is 0.162. The Morgan fingerprint density at radius 3 is 1.73 bits per heavy atom. The zero-order valence-electron chi connectivity index (χ0n) is 7.75. The molecular formula is C9H18N2. The molecule has 0 N–H and O–H groups in total. The van der Waals surface area contributed by atoms with E-state index in [-0.39, 0.29) is 6.17 Å². The second kappa shape index (κ2) is 7.45. The standard InChI is InChI=1S/C9H18N2/c1-4-7-10-9(6-3)11-8-5-2/h7-9H,4-6H2,1-3H3. The van der Waals surface area contributed by atoms with Crippen LogP contribution in [0.15, 0.2) is 9.98 Å². The van der Waals surface area contributed by atoms with Gasteiger partial charge >= 0.3 is 0 Å². The summed E-state index contributed by atoms with van der Waals surface area (Å²) >= 11 is 0. The van der Waals surface area contributed by atoms with Gasteiger partial charge in [-0.2, -0.15) is 0 Å². The first-order valence-corrected chi connectivity index (χ1v) is 4.38. The van der Waals surface area contributed by atoms with Crippen molar-refractivity contribution in [3.63, 3.8) is 0 Å². The van der Waals surface area contributed by atoms with Gasteiger partial charge in [-0.1, -0.05) is 20.8 Å². The predicted octanol–water partition coefficient (Wildman–Crippen LogP) is 2.68. The van der Waals surface area contributed by atoms with Crippen LogP contribution in [0.5, 0.6) is 0 Å². The van der Waals surface area contributed by atoms with E-state index < -0.39 is 0 Å². The van der Waals surface area contributed by atoms with Gasteiger partial charge in [-0.3, -0.25) is 9.98 Å². The highest BCUT2D eigenvalue weighted by molar-refractivity contribution is 5.59. The van der Waals surface area contributed by atoms with E-state index in [2.05, 4.69) is 30.8 Å². The topological polar surface area (TPSA) is 24.7 Å². The Balaban J connectivity index is 3.75. The second-order valence-corrected chi connectivity index (χ2v) is 2.37. The van der Waals surface area contributed by atoms with Gasteiger partial charge in [0.25, 0.3) is 0 Å². The zero-order valence-corrected chi connectivity index (χ0v) is 7.75. The Hall–Kier alpha value is -0.660. The Morgan fingerprint density at radius 1 is 1.00 bits per heavy atom. The summed E-state index contributed by atoms with van der Waals surface area (Å²) in [6.07, 6.45) is 7.01. The molecule has 0 atom stereocenters. The molecule has 0 rings (SSSR count). The van der Waals surface area contributed by atoms with Crippen LogP contribution in [0.25, 0.3) is 0 Å². The number of nitrogens with zero attached hydrogens (tertiary/aromatic N) is 2. The van der Waals surface area contributed by atoms with E-state index in [1.807, 2.05) is 12.4 Å². The van der Waals surface area contributed by atoms with Gasteiger partial charge in [0.05, 0.1) is 0 Å². The molecule has 64 valence electrons. The summed E-state index contributed by atoms with van der Waals surface area (Å²) in [4.78, 5) is 8.55. The molecular weight excluding hydrogens is 136 g/mol. The molecule has 0 radical (unpaired) electrons. The molecule has 2 nitrogen and oxygen atoms in total. The zero-order chi connectivity index (χ0) is 8.53. The van der Waals surface area contributed by atoms with Gasteiger partial charge in [-0.05, 0) is 19.3 Å². The molecule has 0 aliphatic heterocycles. The maximum atomic E-state index is 4.28. The van der Waals surface area contributed by atoms with Crippen LogP contribution in [0.4, 0.5) is 0 Å². The fraction of sp³-hybridized carbons (Fsp3) is 0.778. The average Bonchev–Trinajstić information content (AvgIpc) is 2.05. The SMILES string of the molecule is CCC=NC(CC)N=CCC. The Morgan fingerprint density at radius 2 is 1.45 bits per heavy atom. The Labute approximate surface area is 69.4 Å². The Kier molecular flexibility index (Phi) is 7.00. The third-order valence-corrected chi connectivity index (χ3v) is 1.29. The number of hydrogen-bond donors (Lipinski definition) is 0. The van der Waals surface area contributed by atoms with Crippen molar-refractivity contribution in [3.8, 4) is 0 Å². The van der Waals surface area contributed by atoms with E-state index in [1.165, 1.54) is 0 Å². The summed E-state index contributed by atoms with van der Waals surface area (Å²) in [6, 6.07) is 0. The smallest absolute Gasteiger partial charge is 0.138 e. The summed E-state index contributed by atoms with van der Waals surface area (Å²) in [5, 5.41) is 0. The Bertz CT molecular complexity index is 114. The average molecular weight is 154 g/mol. The quantitative estimate of drug-likeness (QED) is 0.544. The van der Waals surface area contributed by atoms with Crippen molar-refractivity contribution in [2.24, 2.45) is 9.98 Å². The molecule has 0 aromatic carbocycles. The molecule has 0 unspecified atom stereocenters. The maximum absolute atomic E-state index is 4.28. The fourth-order valence-electron chi connectivity index (χ4n) is 0.703. The highest BCUT2D eigenvalue weighted by Gasteiger charge is 1.94. The van der Waals surface area contributed by atoms with E-state index in [1.54, 1.807) is 0 Å². The van der Waals surface area contributed by atoms with Gasteiger partial charge < -0.3 is 0 Å². The highest BCUT2D eigenvalue weighted by Crippen LogP contribution is 1.97. The van der Waals surface area contributed by atoms with Crippen molar-refractivity contribution in [2.45, 2.75) is 46.2 Å². The minimum Gasteiger partial charge on any atom is -0.271 e. The van der Waals surface area contributed by atoms with Gasteiger partial charge in [0.15, 0.2) is 0 Å². The first kappa shape index (κ1) is 10.3. The van der Waals surface area contributed by atoms with Gasteiger partial charge in [0.1, 0.15) is 6.17 Å². The molecule has 0 saturated heterocycles. The monoisotopic (exact) mass is 154 g/mol. The van der Waals surface area contributed by atoms with E-state index in [9.17, 15) is 0 Å². The summed E-state index contributed by atoms with van der Waals surface area (Å²) in [7, 11) is 0. The van der Waals surface area contributed by atoms with E-state index in [0.29, 0.717) is 0 Å². The van der Waals surface area contributed by atoms with Gasteiger partial charge in [-0.15, -0.1) is 0 Å². The number of aliphatic imine (C=N–C) groups is 2. The molecule has 0 spiro atoms. The summed E-state index contributed by atoms with van der Waals surface area (Å²) in [5.74, 6) is 0. The van der Waals surface area contributed by atoms with E-state index in [4.69, 9.17) is 0 Å². The van der Waals surface area contributed by atoms with E-state index in [0.717, 1.165) is 19.3 Å². The molecule has 0 heterocycles. The highest BCUT2D eigenvalue weighted by atomic mass is 15.0. The predicted molar refractivity (Wildman–Crippen MR) is 51.6 cm³/mol. The van der Waals surface area contributed by atoms with Crippen LogP contribution in [-0.2, 0) is 0 Å². The second-order valence-electron chi connectivity index (χ2n) is 2.37. The molecule has 0 bridgehead atoms. The molecule has 0 aliphatic rings. The molecule has 2 heteroatoms. The molecule has 11 heavy (non-hydrogen) atoms. The first-order valence-electron chi connectivity index (χ1n) is 4.38. The van der Waals surface area contributed by atoms with Gasteiger partial charge in [-0.25, -0.2) is 0 Å². The van der Waals surface area contributed by atoms with Crippen LogP contribution in [-0.4, -0.2) is 18.6 Å². The lowest BCUT2D eigenvalue weighted by Crippen LogP contribution is -1.98. The molecule has 0 aromatic heterocycles. The van der Waals surface area contributed by atoms with Crippen LogP contribution < -0.4 is 0 Å².